The van der Waals surface area contributed by atoms with Crippen LogP contribution in [-0.2, 0) is 6.42 Å². The Kier molecular flexibility index (Phi) is 2.81. The van der Waals surface area contributed by atoms with Crippen LogP contribution in [0.2, 0.25) is 0 Å². The predicted molar refractivity (Wildman–Crippen MR) is 82.4 cm³/mol. The van der Waals surface area contributed by atoms with Gasteiger partial charge in [0.25, 0.3) is 0 Å². The predicted octanol–water partition coefficient (Wildman–Crippen LogP) is 3.72. The molecule has 0 fully saturated rings. The Bertz CT molecular complexity index is 758. The van der Waals surface area contributed by atoms with Gasteiger partial charge in [-0.05, 0) is 31.0 Å². The molecule has 106 valence electrons. The van der Waals surface area contributed by atoms with E-state index in [-0.39, 0.29) is 6.04 Å². The average molecular weight is 279 g/mol. The Morgan fingerprint density at radius 3 is 3.10 bits per heavy atom. The zero-order valence-electron chi connectivity index (χ0n) is 11.9. The highest BCUT2D eigenvalue weighted by molar-refractivity contribution is 5.80. The van der Waals surface area contributed by atoms with Gasteiger partial charge < -0.3 is 14.3 Å². The van der Waals surface area contributed by atoms with Crippen molar-refractivity contribution < 1.29 is 4.42 Å². The topological polar surface area (TPSA) is 43.0 Å². The van der Waals surface area contributed by atoms with Crippen LogP contribution in [0.4, 0.5) is 5.69 Å². The first kappa shape index (κ1) is 12.3. The highest BCUT2D eigenvalue weighted by Gasteiger charge is 2.20. The van der Waals surface area contributed by atoms with Gasteiger partial charge in [-0.2, -0.15) is 0 Å². The first-order chi connectivity index (χ1) is 10.3. The summed E-state index contributed by atoms with van der Waals surface area (Å²) < 4.78 is 7.70. The van der Waals surface area contributed by atoms with Gasteiger partial charge in [-0.3, -0.25) is 0 Å². The number of furan rings is 1. The maximum atomic E-state index is 5.54. The Labute approximate surface area is 123 Å². The highest BCUT2D eigenvalue weighted by atomic mass is 16.3. The smallest absolute Gasteiger partial charge is 0.126 e. The van der Waals surface area contributed by atoms with Gasteiger partial charge in [-0.1, -0.05) is 18.2 Å². The molecule has 1 atom stereocenters. The van der Waals surface area contributed by atoms with Gasteiger partial charge in [0, 0.05) is 17.8 Å². The SMILES string of the molecule is CC(c1ccco1)n1cncc1-c1cccc2c1NCC2. The second kappa shape index (κ2) is 4.81. The third-order valence-corrected chi connectivity index (χ3v) is 4.16. The molecule has 0 saturated carbocycles. The summed E-state index contributed by atoms with van der Waals surface area (Å²) in [5.41, 5.74) is 4.95. The lowest BCUT2D eigenvalue weighted by atomic mass is 10.0. The molecule has 0 spiro atoms. The number of para-hydroxylation sites is 1. The van der Waals surface area contributed by atoms with Crippen molar-refractivity contribution in [2.45, 2.75) is 19.4 Å². The molecule has 1 unspecified atom stereocenters. The summed E-state index contributed by atoms with van der Waals surface area (Å²) in [5, 5.41) is 3.49. The lowest BCUT2D eigenvalue weighted by Crippen LogP contribution is -2.07. The first-order valence-corrected chi connectivity index (χ1v) is 7.26. The molecule has 2 aromatic heterocycles. The number of nitrogens with one attached hydrogen (secondary N) is 1. The lowest BCUT2D eigenvalue weighted by Gasteiger charge is -2.16. The maximum Gasteiger partial charge on any atom is 0.126 e. The summed E-state index contributed by atoms with van der Waals surface area (Å²) in [6, 6.07) is 10.5. The minimum atomic E-state index is 0.120. The third kappa shape index (κ3) is 1.95. The molecule has 1 aliphatic heterocycles. The fourth-order valence-corrected chi connectivity index (χ4v) is 3.04. The highest BCUT2D eigenvalue weighted by Crippen LogP contribution is 2.35. The summed E-state index contributed by atoms with van der Waals surface area (Å²) in [6.07, 6.45) is 6.60. The van der Waals surface area contributed by atoms with Crippen molar-refractivity contribution in [1.29, 1.82) is 0 Å². The summed E-state index contributed by atoms with van der Waals surface area (Å²) in [6.45, 7) is 3.13. The molecule has 3 aromatic rings. The number of nitrogens with zero attached hydrogens (tertiary/aromatic N) is 2. The largest absolute Gasteiger partial charge is 0.467 e. The minimum Gasteiger partial charge on any atom is -0.467 e. The van der Waals surface area contributed by atoms with Crippen molar-refractivity contribution in [2.75, 3.05) is 11.9 Å². The fourth-order valence-electron chi connectivity index (χ4n) is 3.04. The van der Waals surface area contributed by atoms with Gasteiger partial charge in [-0.15, -0.1) is 0 Å². The molecule has 4 heteroatoms. The standard InChI is InChI=1S/C17H17N3O/c1-12(16-6-3-9-21-16)20-11-18-10-15(20)14-5-2-4-13-7-8-19-17(13)14/h2-6,9-12,19H,7-8H2,1H3. The lowest BCUT2D eigenvalue weighted by molar-refractivity contribution is 0.447. The van der Waals surface area contributed by atoms with Crippen LogP contribution in [0.25, 0.3) is 11.3 Å². The molecule has 1 aliphatic rings. The van der Waals surface area contributed by atoms with E-state index in [1.165, 1.54) is 16.8 Å². The maximum absolute atomic E-state index is 5.54. The molecule has 4 rings (SSSR count). The van der Waals surface area contributed by atoms with Crippen molar-refractivity contribution in [3.8, 4) is 11.3 Å². The molecule has 0 bridgehead atoms. The molecule has 0 saturated heterocycles. The fraction of sp³-hybridized carbons (Fsp3) is 0.235. The van der Waals surface area contributed by atoms with E-state index in [0.717, 1.165) is 24.4 Å². The number of imidazole rings is 1. The van der Waals surface area contributed by atoms with E-state index in [4.69, 9.17) is 4.42 Å². The van der Waals surface area contributed by atoms with E-state index in [1.54, 1.807) is 6.26 Å². The van der Waals surface area contributed by atoms with Crippen LogP contribution in [0.1, 0.15) is 24.3 Å². The molecular formula is C17H17N3O. The zero-order chi connectivity index (χ0) is 14.2. The van der Waals surface area contributed by atoms with Crippen molar-refractivity contribution in [1.82, 2.24) is 9.55 Å². The van der Waals surface area contributed by atoms with Crippen molar-refractivity contribution in [3.63, 3.8) is 0 Å². The summed E-state index contributed by atoms with van der Waals surface area (Å²) in [4.78, 5) is 4.35. The third-order valence-electron chi connectivity index (χ3n) is 4.16. The van der Waals surface area contributed by atoms with E-state index < -0.39 is 0 Å². The Morgan fingerprint density at radius 1 is 1.29 bits per heavy atom. The van der Waals surface area contributed by atoms with E-state index in [2.05, 4.69) is 40.0 Å². The van der Waals surface area contributed by atoms with Gasteiger partial charge in [0.05, 0.1) is 30.5 Å². The summed E-state index contributed by atoms with van der Waals surface area (Å²) >= 11 is 0. The second-order valence-corrected chi connectivity index (χ2v) is 5.39. The molecular weight excluding hydrogens is 262 g/mol. The Hall–Kier alpha value is -2.49. The van der Waals surface area contributed by atoms with E-state index >= 15 is 0 Å². The van der Waals surface area contributed by atoms with Crippen LogP contribution in [0, 0.1) is 0 Å². The van der Waals surface area contributed by atoms with Gasteiger partial charge in [0.1, 0.15) is 5.76 Å². The summed E-state index contributed by atoms with van der Waals surface area (Å²) in [7, 11) is 0. The van der Waals surface area contributed by atoms with Crippen molar-refractivity contribution in [3.05, 3.63) is 60.4 Å². The number of anilines is 1. The molecule has 1 N–H and O–H groups in total. The van der Waals surface area contributed by atoms with Crippen LogP contribution in [-0.4, -0.2) is 16.1 Å². The first-order valence-electron chi connectivity index (χ1n) is 7.26. The van der Waals surface area contributed by atoms with Gasteiger partial charge in [0.15, 0.2) is 0 Å². The molecule has 3 heterocycles. The van der Waals surface area contributed by atoms with Crippen molar-refractivity contribution >= 4 is 5.69 Å². The Morgan fingerprint density at radius 2 is 2.24 bits per heavy atom. The van der Waals surface area contributed by atoms with E-state index in [0.29, 0.717) is 0 Å². The quantitative estimate of drug-likeness (QED) is 0.794. The number of hydrogen-bond acceptors (Lipinski definition) is 3. The van der Waals surface area contributed by atoms with Crippen molar-refractivity contribution in [2.24, 2.45) is 0 Å². The monoisotopic (exact) mass is 279 g/mol. The molecule has 0 aliphatic carbocycles. The van der Waals surface area contributed by atoms with Crippen LogP contribution in [0.3, 0.4) is 0 Å². The minimum absolute atomic E-state index is 0.120. The van der Waals surface area contributed by atoms with Gasteiger partial charge in [0.2, 0.25) is 0 Å². The molecule has 21 heavy (non-hydrogen) atoms. The van der Waals surface area contributed by atoms with E-state index in [1.807, 2.05) is 24.7 Å². The Balaban J connectivity index is 1.81. The summed E-state index contributed by atoms with van der Waals surface area (Å²) in [5.74, 6) is 0.940. The average Bonchev–Trinajstić information content (AvgIpc) is 3.24. The van der Waals surface area contributed by atoms with E-state index in [9.17, 15) is 0 Å². The molecule has 4 nitrogen and oxygen atoms in total. The van der Waals surface area contributed by atoms with Crippen LogP contribution >= 0.6 is 0 Å². The van der Waals surface area contributed by atoms with Gasteiger partial charge in [-0.25, -0.2) is 4.98 Å². The van der Waals surface area contributed by atoms with Gasteiger partial charge >= 0.3 is 0 Å². The zero-order valence-corrected chi connectivity index (χ0v) is 11.9. The number of rotatable bonds is 3. The molecule has 0 radical (unpaired) electrons. The number of hydrogen-bond donors (Lipinski definition) is 1. The second-order valence-electron chi connectivity index (χ2n) is 5.39. The number of fused-ring (bicyclic) bond motifs is 1. The van der Waals surface area contributed by atoms with Crippen LogP contribution < -0.4 is 5.32 Å². The number of benzene rings is 1. The number of aromatic nitrogens is 2. The normalized spacial score (nSPS) is 14.7. The van der Waals surface area contributed by atoms with Crippen LogP contribution in [0.5, 0.6) is 0 Å². The molecule has 1 aromatic carbocycles. The van der Waals surface area contributed by atoms with Crippen LogP contribution in [0.15, 0.2) is 53.5 Å². The molecule has 0 amide bonds.